The number of ether oxygens (including phenoxy) is 1. The van der Waals surface area contributed by atoms with Gasteiger partial charge in [0.05, 0.1) is 17.4 Å². The average molecular weight is 252 g/mol. The van der Waals surface area contributed by atoms with Crippen LogP contribution >= 0.6 is 0 Å². The first-order chi connectivity index (χ1) is 8.56. The quantitative estimate of drug-likeness (QED) is 0.889. The van der Waals surface area contributed by atoms with Crippen LogP contribution in [0.4, 0.5) is 0 Å². The first-order valence-electron chi connectivity index (χ1n) is 6.83. The average Bonchev–Trinajstić information content (AvgIpc) is 2.71. The lowest BCUT2D eigenvalue weighted by Gasteiger charge is -2.35. The molecular weight excluding hydrogens is 228 g/mol. The van der Waals surface area contributed by atoms with Gasteiger partial charge in [0.15, 0.2) is 0 Å². The summed E-state index contributed by atoms with van der Waals surface area (Å²) in [6.07, 6.45) is 5.50. The van der Waals surface area contributed by atoms with E-state index in [4.69, 9.17) is 4.74 Å². The van der Waals surface area contributed by atoms with Crippen LogP contribution in [0.5, 0.6) is 0 Å². The Morgan fingerprint density at radius 3 is 2.67 bits per heavy atom. The molecule has 4 heteroatoms. The third-order valence-corrected chi connectivity index (χ3v) is 4.10. The zero-order valence-corrected chi connectivity index (χ0v) is 11.6. The minimum atomic E-state index is -0.576. The van der Waals surface area contributed by atoms with E-state index in [1.165, 1.54) is 0 Å². The van der Waals surface area contributed by atoms with Crippen LogP contribution in [0.1, 0.15) is 44.0 Å². The van der Waals surface area contributed by atoms with E-state index in [0.717, 1.165) is 43.5 Å². The number of rotatable bonds is 4. The second-order valence-electron chi connectivity index (χ2n) is 5.44. The van der Waals surface area contributed by atoms with Crippen molar-refractivity contribution in [3.63, 3.8) is 0 Å². The van der Waals surface area contributed by atoms with Gasteiger partial charge in [-0.25, -0.2) is 0 Å². The second kappa shape index (κ2) is 5.41. The molecule has 1 N–H and O–H groups in total. The molecule has 0 aliphatic heterocycles. The fourth-order valence-electron chi connectivity index (χ4n) is 2.79. The van der Waals surface area contributed by atoms with Crippen molar-refractivity contribution in [3.8, 4) is 0 Å². The molecule has 1 saturated carbocycles. The molecule has 102 valence electrons. The van der Waals surface area contributed by atoms with E-state index in [0.29, 0.717) is 12.5 Å². The predicted molar refractivity (Wildman–Crippen MR) is 70.5 cm³/mol. The van der Waals surface area contributed by atoms with Gasteiger partial charge >= 0.3 is 0 Å². The van der Waals surface area contributed by atoms with Crippen LogP contribution in [0.15, 0.2) is 6.07 Å². The largest absolute Gasteiger partial charge is 0.389 e. The van der Waals surface area contributed by atoms with Gasteiger partial charge in [0.1, 0.15) is 0 Å². The van der Waals surface area contributed by atoms with E-state index in [9.17, 15) is 5.11 Å². The van der Waals surface area contributed by atoms with E-state index >= 15 is 0 Å². The minimum absolute atomic E-state index is 0.322. The van der Waals surface area contributed by atoms with Gasteiger partial charge in [0.25, 0.3) is 0 Å². The molecule has 0 radical (unpaired) electrons. The van der Waals surface area contributed by atoms with Crippen LogP contribution in [0.3, 0.4) is 0 Å². The van der Waals surface area contributed by atoms with Gasteiger partial charge in [-0.15, -0.1) is 0 Å². The van der Waals surface area contributed by atoms with Crippen LogP contribution < -0.4 is 0 Å². The normalized spacial score (nSPS) is 28.6. The third kappa shape index (κ3) is 2.93. The number of hydrogen-bond acceptors (Lipinski definition) is 3. The van der Waals surface area contributed by atoms with Crippen molar-refractivity contribution in [1.29, 1.82) is 0 Å². The van der Waals surface area contributed by atoms with E-state index in [1.54, 1.807) is 7.11 Å². The number of nitrogens with zero attached hydrogens (tertiary/aromatic N) is 2. The van der Waals surface area contributed by atoms with Crippen molar-refractivity contribution in [2.45, 2.75) is 57.2 Å². The number of aliphatic hydroxyl groups is 1. The Morgan fingerprint density at radius 1 is 1.50 bits per heavy atom. The lowest BCUT2D eigenvalue weighted by molar-refractivity contribution is -0.0436. The summed E-state index contributed by atoms with van der Waals surface area (Å²) in [6, 6.07) is 2.11. The molecule has 0 spiro atoms. The van der Waals surface area contributed by atoms with Crippen molar-refractivity contribution in [2.75, 3.05) is 7.11 Å². The molecule has 4 nitrogen and oxygen atoms in total. The molecule has 0 saturated heterocycles. The summed E-state index contributed by atoms with van der Waals surface area (Å²) < 4.78 is 7.25. The molecule has 1 aliphatic rings. The summed E-state index contributed by atoms with van der Waals surface area (Å²) >= 11 is 0. The Kier molecular flexibility index (Phi) is 4.07. The van der Waals surface area contributed by atoms with Crippen LogP contribution in [0.25, 0.3) is 0 Å². The summed E-state index contributed by atoms with van der Waals surface area (Å²) in [5.41, 5.74) is 1.65. The summed E-state index contributed by atoms with van der Waals surface area (Å²) in [4.78, 5) is 0. The maximum atomic E-state index is 10.6. The Morgan fingerprint density at radius 2 is 2.17 bits per heavy atom. The summed E-state index contributed by atoms with van der Waals surface area (Å²) in [7, 11) is 3.71. The van der Waals surface area contributed by atoms with Crippen molar-refractivity contribution >= 4 is 0 Å². The Labute approximate surface area is 109 Å². The molecule has 0 aromatic carbocycles. The van der Waals surface area contributed by atoms with Gasteiger partial charge in [-0.3, -0.25) is 4.68 Å². The summed E-state index contributed by atoms with van der Waals surface area (Å²) in [5.74, 6) is 0. The van der Waals surface area contributed by atoms with Gasteiger partial charge in [0.2, 0.25) is 0 Å². The van der Waals surface area contributed by atoms with Gasteiger partial charge < -0.3 is 9.84 Å². The van der Waals surface area contributed by atoms with Crippen LogP contribution in [0, 0.1) is 0 Å². The number of methoxy groups -OCH3 is 1. The molecule has 18 heavy (non-hydrogen) atoms. The fraction of sp³-hybridized carbons (Fsp3) is 0.786. The van der Waals surface area contributed by atoms with Gasteiger partial charge in [0, 0.05) is 26.3 Å². The number of aryl methyl sites for hydroxylation is 2. The molecule has 2 rings (SSSR count). The van der Waals surface area contributed by atoms with E-state index in [1.807, 2.05) is 11.7 Å². The molecule has 1 aromatic rings. The highest BCUT2D eigenvalue weighted by Gasteiger charge is 2.34. The molecular formula is C14H24N2O2. The molecule has 0 atom stereocenters. The highest BCUT2D eigenvalue weighted by atomic mass is 16.5. The number of hydrogen-bond donors (Lipinski definition) is 1. The summed E-state index contributed by atoms with van der Waals surface area (Å²) in [6.45, 7) is 2.10. The Balaban J connectivity index is 2.02. The molecule has 1 aromatic heterocycles. The van der Waals surface area contributed by atoms with Crippen LogP contribution in [-0.2, 0) is 24.6 Å². The maximum absolute atomic E-state index is 10.6. The van der Waals surface area contributed by atoms with Gasteiger partial charge in [-0.1, -0.05) is 6.92 Å². The molecule has 1 fully saturated rings. The first-order valence-corrected chi connectivity index (χ1v) is 6.83. The fourth-order valence-corrected chi connectivity index (χ4v) is 2.79. The third-order valence-electron chi connectivity index (χ3n) is 4.10. The smallest absolute Gasteiger partial charge is 0.0704 e. The zero-order chi connectivity index (χ0) is 13.2. The van der Waals surface area contributed by atoms with E-state index < -0.39 is 5.60 Å². The molecule has 1 heterocycles. The lowest BCUT2D eigenvalue weighted by atomic mass is 9.80. The van der Waals surface area contributed by atoms with Crippen molar-refractivity contribution in [1.82, 2.24) is 9.78 Å². The second-order valence-corrected chi connectivity index (χ2v) is 5.44. The van der Waals surface area contributed by atoms with E-state index in [-0.39, 0.29) is 0 Å². The van der Waals surface area contributed by atoms with Gasteiger partial charge in [-0.05, 0) is 38.2 Å². The molecule has 0 unspecified atom stereocenters. The van der Waals surface area contributed by atoms with Crippen LogP contribution in [0.2, 0.25) is 0 Å². The van der Waals surface area contributed by atoms with Gasteiger partial charge in [-0.2, -0.15) is 5.10 Å². The minimum Gasteiger partial charge on any atom is -0.389 e. The first kappa shape index (κ1) is 13.6. The Bertz CT molecular complexity index is 392. The monoisotopic (exact) mass is 252 g/mol. The van der Waals surface area contributed by atoms with Crippen molar-refractivity contribution in [2.24, 2.45) is 7.05 Å². The molecule has 0 amide bonds. The standard InChI is InChI=1S/C14H24N2O2/c1-4-11-9-12(16(2)15-11)10-14(17)7-5-13(18-3)6-8-14/h9,13,17H,4-8,10H2,1-3H3. The molecule has 0 bridgehead atoms. The highest BCUT2D eigenvalue weighted by molar-refractivity contribution is 5.13. The molecule has 1 aliphatic carbocycles. The highest BCUT2D eigenvalue weighted by Crippen LogP contribution is 2.32. The topological polar surface area (TPSA) is 47.3 Å². The maximum Gasteiger partial charge on any atom is 0.0704 e. The summed E-state index contributed by atoms with van der Waals surface area (Å²) in [5, 5.41) is 15.1. The number of aromatic nitrogens is 2. The van der Waals surface area contributed by atoms with Crippen molar-refractivity contribution in [3.05, 3.63) is 17.5 Å². The van der Waals surface area contributed by atoms with Crippen LogP contribution in [-0.4, -0.2) is 33.7 Å². The van der Waals surface area contributed by atoms with Crippen molar-refractivity contribution < 1.29 is 9.84 Å². The lowest BCUT2D eigenvalue weighted by Crippen LogP contribution is -2.38. The SMILES string of the molecule is CCc1cc(CC2(O)CCC(OC)CC2)n(C)n1. The Hall–Kier alpha value is -0.870. The predicted octanol–water partition coefficient (Wildman–Crippen LogP) is 1.85. The zero-order valence-electron chi connectivity index (χ0n) is 11.6. The van der Waals surface area contributed by atoms with E-state index in [2.05, 4.69) is 18.1 Å².